The molecule has 228 valence electrons. The van der Waals surface area contributed by atoms with Gasteiger partial charge in [0.1, 0.15) is 22.7 Å². The minimum absolute atomic E-state index is 0.0930. The number of anilines is 1. The molecule has 0 spiro atoms. The lowest BCUT2D eigenvalue weighted by molar-refractivity contribution is 0.0471. The number of primary amides is 1. The van der Waals surface area contributed by atoms with Gasteiger partial charge in [-0.2, -0.15) is 10.2 Å². The van der Waals surface area contributed by atoms with E-state index in [1.807, 2.05) is 13.8 Å². The van der Waals surface area contributed by atoms with E-state index in [2.05, 4.69) is 20.5 Å². The predicted octanol–water partition coefficient (Wildman–Crippen LogP) is 2.61. The molecule has 14 nitrogen and oxygen atoms in total. The van der Waals surface area contributed by atoms with Crippen molar-refractivity contribution in [2.45, 2.75) is 53.8 Å². The number of carbonyl (C=O) groups is 3. The number of aryl methyl sites for hydroxylation is 4. The van der Waals surface area contributed by atoms with Gasteiger partial charge in [-0.3, -0.25) is 24.3 Å². The van der Waals surface area contributed by atoms with Gasteiger partial charge in [0, 0.05) is 31.6 Å². The summed E-state index contributed by atoms with van der Waals surface area (Å²) in [5.74, 6) is -1.06. The topological polar surface area (TPSA) is 181 Å². The fourth-order valence-corrected chi connectivity index (χ4v) is 4.58. The Kier molecular flexibility index (Phi) is 9.93. The van der Waals surface area contributed by atoms with Crippen molar-refractivity contribution in [2.75, 3.05) is 25.1 Å². The average Bonchev–Trinajstić information content (AvgIpc) is 3.66. The number of ether oxygens (including phenoxy) is 2. The highest BCUT2D eigenvalue weighted by Crippen LogP contribution is 2.31. The number of aliphatic hydroxyl groups is 1. The third-order valence-electron chi connectivity index (χ3n) is 6.50. The number of hydrogen-bond donors (Lipinski definition) is 3. The number of benzene rings is 1. The molecular weight excluding hydrogens is 556 g/mol. The number of amides is 2. The third kappa shape index (κ3) is 7.09. The summed E-state index contributed by atoms with van der Waals surface area (Å²) >= 11 is 0. The van der Waals surface area contributed by atoms with Crippen LogP contribution in [0, 0.1) is 13.8 Å². The van der Waals surface area contributed by atoms with Crippen LogP contribution >= 0.6 is 0 Å². The first kappa shape index (κ1) is 31.0. The third-order valence-corrected chi connectivity index (χ3v) is 6.50. The molecule has 2 amide bonds. The van der Waals surface area contributed by atoms with Gasteiger partial charge in [-0.05, 0) is 52.0 Å². The standard InChI is InChI=1S/C29H36N8O6/c1-5-36-22(14-18(3)33-36)27(40)32-29-31-21-16-20(26(30)39)17-24(25(21)35(29)10-7-8-11-38)42-12-9-13-43-28(41)23-15-19(4)34-37(23)6-2/h7-8,14-17,38H,5-6,9-13H2,1-4H3,(H2,30,39)(H,31,32,40)/b8-7+. The van der Waals surface area contributed by atoms with Crippen molar-refractivity contribution in [1.82, 2.24) is 29.1 Å². The lowest BCUT2D eigenvalue weighted by Gasteiger charge is -2.13. The van der Waals surface area contributed by atoms with Crippen LogP contribution in [-0.4, -0.2) is 71.8 Å². The Labute approximate surface area is 248 Å². The maximum Gasteiger partial charge on any atom is 0.356 e. The van der Waals surface area contributed by atoms with Gasteiger partial charge >= 0.3 is 5.97 Å². The smallest absolute Gasteiger partial charge is 0.356 e. The van der Waals surface area contributed by atoms with E-state index in [-0.39, 0.29) is 37.9 Å². The van der Waals surface area contributed by atoms with Crippen molar-refractivity contribution >= 4 is 34.8 Å². The zero-order valence-corrected chi connectivity index (χ0v) is 24.7. The van der Waals surface area contributed by atoms with Crippen molar-refractivity contribution in [3.63, 3.8) is 0 Å². The fourth-order valence-electron chi connectivity index (χ4n) is 4.58. The highest BCUT2D eigenvalue weighted by atomic mass is 16.5. The molecule has 0 aliphatic rings. The summed E-state index contributed by atoms with van der Waals surface area (Å²) in [6.45, 7) is 8.72. The molecule has 0 radical (unpaired) electrons. The summed E-state index contributed by atoms with van der Waals surface area (Å²) in [4.78, 5) is 42.5. The van der Waals surface area contributed by atoms with Crippen molar-refractivity contribution in [2.24, 2.45) is 5.73 Å². The number of nitrogens with zero attached hydrogens (tertiary/aromatic N) is 6. The maximum atomic E-state index is 13.2. The quantitative estimate of drug-likeness (QED) is 0.113. The molecule has 0 unspecified atom stereocenters. The molecule has 0 bridgehead atoms. The molecule has 4 aromatic rings. The molecule has 0 aliphatic heterocycles. The second kappa shape index (κ2) is 13.8. The van der Waals surface area contributed by atoms with Gasteiger partial charge in [0.05, 0.1) is 36.7 Å². The maximum absolute atomic E-state index is 13.2. The van der Waals surface area contributed by atoms with Crippen molar-refractivity contribution in [1.29, 1.82) is 0 Å². The number of imidazole rings is 1. The minimum atomic E-state index is -0.675. The van der Waals surface area contributed by atoms with Gasteiger partial charge in [-0.1, -0.05) is 12.2 Å². The van der Waals surface area contributed by atoms with E-state index in [9.17, 15) is 19.5 Å². The lowest BCUT2D eigenvalue weighted by atomic mass is 10.1. The molecule has 14 heteroatoms. The largest absolute Gasteiger partial charge is 0.491 e. The van der Waals surface area contributed by atoms with Gasteiger partial charge in [0.25, 0.3) is 5.91 Å². The Balaban J connectivity index is 1.58. The molecule has 43 heavy (non-hydrogen) atoms. The molecule has 0 fully saturated rings. The SMILES string of the molecule is CCn1nc(C)cc1C(=O)Nc1nc2cc(C(N)=O)cc(OCCCOC(=O)c3cc(C)nn3CC)c2n1C/C=C/CO. The molecule has 0 saturated heterocycles. The molecule has 4 rings (SSSR count). The van der Waals surface area contributed by atoms with Gasteiger partial charge in [-0.25, -0.2) is 9.78 Å². The van der Waals surface area contributed by atoms with E-state index < -0.39 is 17.8 Å². The number of carbonyl (C=O) groups excluding carboxylic acids is 3. The van der Waals surface area contributed by atoms with Crippen LogP contribution in [0.15, 0.2) is 36.4 Å². The number of aliphatic hydroxyl groups excluding tert-OH is 1. The highest BCUT2D eigenvalue weighted by Gasteiger charge is 2.22. The predicted molar refractivity (Wildman–Crippen MR) is 158 cm³/mol. The van der Waals surface area contributed by atoms with Crippen LogP contribution in [0.1, 0.15) is 63.0 Å². The van der Waals surface area contributed by atoms with Crippen LogP contribution in [0.2, 0.25) is 0 Å². The summed E-state index contributed by atoms with van der Waals surface area (Å²) in [5.41, 5.74) is 8.80. The average molecular weight is 593 g/mol. The number of esters is 1. The van der Waals surface area contributed by atoms with Crippen LogP contribution in [0.25, 0.3) is 11.0 Å². The first-order chi connectivity index (χ1) is 20.7. The summed E-state index contributed by atoms with van der Waals surface area (Å²) in [7, 11) is 0. The summed E-state index contributed by atoms with van der Waals surface area (Å²) in [5, 5.41) is 20.7. The number of aromatic nitrogens is 6. The number of rotatable bonds is 14. The Morgan fingerprint density at radius 3 is 2.30 bits per heavy atom. The number of nitrogens with two attached hydrogens (primary N) is 1. The monoisotopic (exact) mass is 592 g/mol. The van der Waals surface area contributed by atoms with Crippen molar-refractivity contribution in [3.05, 3.63) is 64.8 Å². The zero-order chi connectivity index (χ0) is 31.1. The van der Waals surface area contributed by atoms with Crippen LogP contribution < -0.4 is 15.8 Å². The number of hydrogen-bond acceptors (Lipinski definition) is 9. The van der Waals surface area contributed by atoms with Crippen LogP contribution in [0.4, 0.5) is 5.95 Å². The molecule has 0 atom stereocenters. The normalized spacial score (nSPS) is 11.4. The Morgan fingerprint density at radius 2 is 1.65 bits per heavy atom. The molecule has 1 aromatic carbocycles. The first-order valence-electron chi connectivity index (χ1n) is 14.0. The molecular formula is C29H36N8O6. The van der Waals surface area contributed by atoms with E-state index in [1.54, 1.807) is 52.1 Å². The molecule has 0 saturated carbocycles. The van der Waals surface area contributed by atoms with E-state index in [0.717, 1.165) is 5.69 Å². The summed E-state index contributed by atoms with van der Waals surface area (Å²) in [6.07, 6.45) is 3.63. The van der Waals surface area contributed by atoms with E-state index in [1.165, 1.54) is 12.1 Å². The Bertz CT molecular complexity index is 1660. The van der Waals surface area contributed by atoms with Gasteiger partial charge in [-0.15, -0.1) is 0 Å². The molecule has 3 aromatic heterocycles. The molecule has 3 heterocycles. The van der Waals surface area contributed by atoms with E-state index in [4.69, 9.17) is 15.2 Å². The number of allylic oxidation sites excluding steroid dienone is 1. The van der Waals surface area contributed by atoms with Crippen molar-refractivity contribution < 1.29 is 29.0 Å². The highest BCUT2D eigenvalue weighted by molar-refractivity contribution is 6.04. The van der Waals surface area contributed by atoms with Crippen molar-refractivity contribution in [3.8, 4) is 5.75 Å². The summed E-state index contributed by atoms with van der Waals surface area (Å²) in [6, 6.07) is 6.39. The van der Waals surface area contributed by atoms with E-state index >= 15 is 0 Å². The molecule has 0 aliphatic carbocycles. The lowest BCUT2D eigenvalue weighted by Crippen LogP contribution is -2.20. The number of nitrogens with one attached hydrogen (secondary N) is 1. The van der Waals surface area contributed by atoms with E-state index in [0.29, 0.717) is 53.4 Å². The second-order valence-electron chi connectivity index (χ2n) is 9.67. The minimum Gasteiger partial charge on any atom is -0.491 e. The second-order valence-corrected chi connectivity index (χ2v) is 9.67. The zero-order valence-electron chi connectivity index (χ0n) is 24.7. The van der Waals surface area contributed by atoms with Crippen LogP contribution in [0.3, 0.4) is 0 Å². The first-order valence-corrected chi connectivity index (χ1v) is 14.0. The van der Waals surface area contributed by atoms with Gasteiger partial charge < -0.3 is 24.9 Å². The van der Waals surface area contributed by atoms with Gasteiger partial charge in [0.15, 0.2) is 0 Å². The summed E-state index contributed by atoms with van der Waals surface area (Å²) < 4.78 is 16.3. The Morgan fingerprint density at radius 1 is 0.977 bits per heavy atom. The Hall–Kier alpha value is -4.98. The van der Waals surface area contributed by atoms with Crippen LogP contribution in [-0.2, 0) is 24.4 Å². The fraction of sp³-hybridized carbons (Fsp3) is 0.379. The number of fused-ring (bicyclic) bond motifs is 1. The molecule has 4 N–H and O–H groups in total. The van der Waals surface area contributed by atoms with Gasteiger partial charge in [0.2, 0.25) is 11.9 Å². The van der Waals surface area contributed by atoms with Crippen LogP contribution in [0.5, 0.6) is 5.75 Å².